The largest absolute Gasteiger partial charge is 0.497 e. The normalized spacial score (nSPS) is 10.5. The standard InChI is InChI=1S/C18H15ClN2O4/c1-23-12-7-5-11(6-8-12)10-25-16-14-13(4-3-9-20-14)17(19)21-15(16)18(22)24-2/h3-9H,10H2,1-2H3. The molecule has 3 rings (SSSR count). The summed E-state index contributed by atoms with van der Waals surface area (Å²) in [5.41, 5.74) is 1.35. The Morgan fingerprint density at radius 1 is 1.16 bits per heavy atom. The van der Waals surface area contributed by atoms with E-state index in [4.69, 9.17) is 25.8 Å². The van der Waals surface area contributed by atoms with E-state index in [2.05, 4.69) is 9.97 Å². The van der Waals surface area contributed by atoms with Gasteiger partial charge >= 0.3 is 5.97 Å². The zero-order chi connectivity index (χ0) is 17.8. The van der Waals surface area contributed by atoms with Gasteiger partial charge in [0.05, 0.1) is 14.2 Å². The number of nitrogens with zero attached hydrogens (tertiary/aromatic N) is 2. The van der Waals surface area contributed by atoms with Gasteiger partial charge in [0.25, 0.3) is 0 Å². The van der Waals surface area contributed by atoms with Crippen LogP contribution in [0.3, 0.4) is 0 Å². The molecule has 0 spiro atoms. The lowest BCUT2D eigenvalue weighted by Gasteiger charge is -2.13. The highest BCUT2D eigenvalue weighted by atomic mass is 35.5. The van der Waals surface area contributed by atoms with Gasteiger partial charge < -0.3 is 14.2 Å². The second-order valence-corrected chi connectivity index (χ2v) is 5.47. The lowest BCUT2D eigenvalue weighted by Crippen LogP contribution is -2.10. The molecule has 2 heterocycles. The third-order valence-electron chi connectivity index (χ3n) is 3.59. The second-order valence-electron chi connectivity index (χ2n) is 5.11. The van der Waals surface area contributed by atoms with Gasteiger partial charge in [-0.15, -0.1) is 0 Å². The topological polar surface area (TPSA) is 70.5 Å². The molecule has 0 radical (unpaired) electrons. The van der Waals surface area contributed by atoms with Crippen LogP contribution >= 0.6 is 11.6 Å². The molecule has 0 atom stereocenters. The van der Waals surface area contributed by atoms with Crippen LogP contribution in [0.4, 0.5) is 0 Å². The molecule has 0 fully saturated rings. The quantitative estimate of drug-likeness (QED) is 0.512. The van der Waals surface area contributed by atoms with Crippen molar-refractivity contribution in [1.29, 1.82) is 0 Å². The van der Waals surface area contributed by atoms with E-state index in [1.165, 1.54) is 7.11 Å². The molecule has 0 unspecified atom stereocenters. The van der Waals surface area contributed by atoms with E-state index in [9.17, 15) is 4.79 Å². The summed E-state index contributed by atoms with van der Waals surface area (Å²) in [4.78, 5) is 20.5. The van der Waals surface area contributed by atoms with Crippen molar-refractivity contribution in [2.75, 3.05) is 14.2 Å². The number of benzene rings is 1. The minimum atomic E-state index is -0.640. The molecule has 0 aliphatic rings. The summed E-state index contributed by atoms with van der Waals surface area (Å²) in [6.07, 6.45) is 1.60. The van der Waals surface area contributed by atoms with Crippen LogP contribution in [0.25, 0.3) is 10.9 Å². The van der Waals surface area contributed by atoms with Gasteiger partial charge in [0.1, 0.15) is 23.0 Å². The first-order chi connectivity index (χ1) is 12.1. The number of rotatable bonds is 5. The van der Waals surface area contributed by atoms with Crippen LogP contribution in [0.5, 0.6) is 11.5 Å². The Morgan fingerprint density at radius 2 is 1.92 bits per heavy atom. The average molecular weight is 359 g/mol. The van der Waals surface area contributed by atoms with Gasteiger partial charge in [-0.2, -0.15) is 0 Å². The van der Waals surface area contributed by atoms with Crippen molar-refractivity contribution in [3.8, 4) is 11.5 Å². The fraction of sp³-hybridized carbons (Fsp3) is 0.167. The van der Waals surface area contributed by atoms with E-state index >= 15 is 0 Å². The number of ether oxygens (including phenoxy) is 3. The number of pyridine rings is 2. The smallest absolute Gasteiger partial charge is 0.360 e. The van der Waals surface area contributed by atoms with E-state index in [1.807, 2.05) is 24.3 Å². The number of fused-ring (bicyclic) bond motifs is 1. The highest BCUT2D eigenvalue weighted by Crippen LogP contribution is 2.32. The first-order valence-electron chi connectivity index (χ1n) is 7.42. The molecule has 3 aromatic rings. The van der Waals surface area contributed by atoms with Crippen molar-refractivity contribution < 1.29 is 19.0 Å². The molecule has 0 N–H and O–H groups in total. The highest BCUT2D eigenvalue weighted by molar-refractivity contribution is 6.34. The maximum absolute atomic E-state index is 12.1. The first-order valence-corrected chi connectivity index (χ1v) is 7.80. The minimum absolute atomic E-state index is 0.00721. The molecule has 0 aliphatic carbocycles. The first kappa shape index (κ1) is 17.0. The van der Waals surface area contributed by atoms with Crippen LogP contribution in [-0.2, 0) is 11.3 Å². The number of hydrogen-bond acceptors (Lipinski definition) is 6. The maximum atomic E-state index is 12.1. The summed E-state index contributed by atoms with van der Waals surface area (Å²) in [6, 6.07) is 10.9. The van der Waals surface area contributed by atoms with Gasteiger partial charge in [0, 0.05) is 11.6 Å². The zero-order valence-electron chi connectivity index (χ0n) is 13.7. The predicted molar refractivity (Wildman–Crippen MR) is 93.2 cm³/mol. The summed E-state index contributed by atoms with van der Waals surface area (Å²) in [5.74, 6) is 0.348. The van der Waals surface area contributed by atoms with Gasteiger partial charge in [-0.3, -0.25) is 4.98 Å². The molecular weight excluding hydrogens is 344 g/mol. The molecule has 128 valence electrons. The third-order valence-corrected chi connectivity index (χ3v) is 3.88. The number of methoxy groups -OCH3 is 2. The number of carbonyl (C=O) groups is 1. The van der Waals surface area contributed by atoms with Crippen LogP contribution in [0, 0.1) is 0 Å². The Morgan fingerprint density at radius 3 is 2.60 bits per heavy atom. The number of aromatic nitrogens is 2. The molecule has 0 aliphatic heterocycles. The van der Waals surface area contributed by atoms with Crippen molar-refractivity contribution in [2.45, 2.75) is 6.61 Å². The van der Waals surface area contributed by atoms with E-state index in [0.717, 1.165) is 11.3 Å². The Kier molecular flexibility index (Phi) is 5.00. The number of carbonyl (C=O) groups excluding carboxylic acids is 1. The molecule has 1 aromatic carbocycles. The van der Waals surface area contributed by atoms with Crippen molar-refractivity contribution in [1.82, 2.24) is 9.97 Å². The van der Waals surface area contributed by atoms with Crippen LogP contribution < -0.4 is 9.47 Å². The van der Waals surface area contributed by atoms with Gasteiger partial charge in [0.15, 0.2) is 11.4 Å². The van der Waals surface area contributed by atoms with Crippen molar-refractivity contribution >= 4 is 28.5 Å². The molecule has 25 heavy (non-hydrogen) atoms. The number of halogens is 1. The summed E-state index contributed by atoms with van der Waals surface area (Å²) in [5, 5.41) is 0.766. The summed E-state index contributed by atoms with van der Waals surface area (Å²) in [6.45, 7) is 0.225. The molecule has 0 amide bonds. The molecular formula is C18H15ClN2O4. The third kappa shape index (κ3) is 3.49. The van der Waals surface area contributed by atoms with E-state index in [1.54, 1.807) is 25.4 Å². The number of esters is 1. The molecule has 2 aromatic heterocycles. The van der Waals surface area contributed by atoms with E-state index < -0.39 is 5.97 Å². The molecule has 0 bridgehead atoms. The second kappa shape index (κ2) is 7.36. The molecule has 6 nitrogen and oxygen atoms in total. The van der Waals surface area contributed by atoms with Gasteiger partial charge in [-0.1, -0.05) is 23.7 Å². The van der Waals surface area contributed by atoms with E-state index in [-0.39, 0.29) is 23.2 Å². The molecule has 0 saturated heterocycles. The summed E-state index contributed by atoms with van der Waals surface area (Å²) >= 11 is 6.16. The van der Waals surface area contributed by atoms with Crippen molar-refractivity contribution in [3.05, 3.63) is 59.0 Å². The van der Waals surface area contributed by atoms with Crippen molar-refractivity contribution in [2.24, 2.45) is 0 Å². The van der Waals surface area contributed by atoms with Crippen LogP contribution in [-0.4, -0.2) is 30.2 Å². The Bertz CT molecular complexity index is 913. The Hall–Kier alpha value is -2.86. The van der Waals surface area contributed by atoms with Crippen LogP contribution in [0.1, 0.15) is 16.1 Å². The zero-order valence-corrected chi connectivity index (χ0v) is 14.4. The SMILES string of the molecule is COC(=O)c1nc(Cl)c2cccnc2c1OCc1ccc(OC)cc1. The lowest BCUT2D eigenvalue weighted by molar-refractivity contribution is 0.0588. The Labute approximate surface area is 149 Å². The monoisotopic (exact) mass is 358 g/mol. The minimum Gasteiger partial charge on any atom is -0.497 e. The van der Waals surface area contributed by atoms with Crippen LogP contribution in [0.15, 0.2) is 42.6 Å². The van der Waals surface area contributed by atoms with Gasteiger partial charge in [-0.25, -0.2) is 9.78 Å². The lowest BCUT2D eigenvalue weighted by atomic mass is 10.2. The average Bonchev–Trinajstić information content (AvgIpc) is 2.67. The van der Waals surface area contributed by atoms with Crippen LogP contribution in [0.2, 0.25) is 5.15 Å². The summed E-state index contributed by atoms with van der Waals surface area (Å²) in [7, 11) is 2.87. The highest BCUT2D eigenvalue weighted by Gasteiger charge is 2.21. The number of hydrogen-bond donors (Lipinski definition) is 0. The van der Waals surface area contributed by atoms with Gasteiger partial charge in [0.2, 0.25) is 0 Å². The fourth-order valence-electron chi connectivity index (χ4n) is 2.32. The predicted octanol–water partition coefficient (Wildman–Crippen LogP) is 3.66. The molecule has 0 saturated carbocycles. The maximum Gasteiger partial charge on any atom is 0.360 e. The molecule has 7 heteroatoms. The van der Waals surface area contributed by atoms with Crippen molar-refractivity contribution in [3.63, 3.8) is 0 Å². The van der Waals surface area contributed by atoms with E-state index in [0.29, 0.717) is 10.9 Å². The fourth-order valence-corrected chi connectivity index (χ4v) is 2.56. The summed E-state index contributed by atoms with van der Waals surface area (Å²) < 4.78 is 15.8. The Balaban J connectivity index is 2.00. The van der Waals surface area contributed by atoms with Gasteiger partial charge in [-0.05, 0) is 29.8 Å².